The second-order valence-electron chi connectivity index (χ2n) is 7.23. The van der Waals surface area contributed by atoms with Crippen molar-refractivity contribution in [2.75, 3.05) is 18.5 Å². The summed E-state index contributed by atoms with van der Waals surface area (Å²) in [6, 6.07) is 10.4. The fourth-order valence-corrected chi connectivity index (χ4v) is 4.41. The first-order valence-electron chi connectivity index (χ1n) is 9.21. The van der Waals surface area contributed by atoms with Gasteiger partial charge in [-0.3, -0.25) is 9.59 Å². The molecule has 2 atom stereocenters. The molecule has 0 aromatic heterocycles. The fraction of sp³-hybridized carbons (Fsp3) is 0.333. The van der Waals surface area contributed by atoms with Crippen molar-refractivity contribution in [2.24, 2.45) is 0 Å². The number of halogens is 1. The number of rotatable bonds is 4. The normalized spacial score (nSPS) is 23.3. The topological polar surface area (TPSA) is 87.7 Å². The number of fused-ring (bicyclic) bond motifs is 2. The van der Waals surface area contributed by atoms with Crippen LogP contribution in [0.1, 0.15) is 35.6 Å². The lowest BCUT2D eigenvalue weighted by molar-refractivity contribution is -0.130. The van der Waals surface area contributed by atoms with Crippen LogP contribution in [0.25, 0.3) is 0 Å². The fourth-order valence-electron chi connectivity index (χ4n) is 4.23. The average Bonchev–Trinajstić information content (AvgIpc) is 2.94. The Morgan fingerprint density at radius 1 is 1.25 bits per heavy atom. The Morgan fingerprint density at radius 3 is 2.86 bits per heavy atom. The van der Waals surface area contributed by atoms with Crippen molar-refractivity contribution in [3.8, 4) is 5.75 Å². The predicted molar refractivity (Wildman–Crippen MR) is 106 cm³/mol. The lowest BCUT2D eigenvalue weighted by Crippen LogP contribution is -2.52. The molecule has 0 saturated carbocycles. The van der Waals surface area contributed by atoms with Gasteiger partial charge >= 0.3 is 0 Å². The van der Waals surface area contributed by atoms with Crippen molar-refractivity contribution in [1.82, 2.24) is 5.32 Å². The van der Waals surface area contributed by atoms with Crippen LogP contribution in [0.15, 0.2) is 36.4 Å². The number of hydrogen-bond donors (Lipinski definition) is 3. The SMILES string of the molecule is Cc1ccc(OCCO)c([C@H]2NC(=O)CC[C@]23C(=O)Nc2cc(Cl)ccc23)c1. The lowest BCUT2D eigenvalue weighted by Gasteiger charge is -2.41. The Bertz CT molecular complexity index is 961. The molecule has 2 aromatic rings. The maximum atomic E-state index is 13.2. The second kappa shape index (κ2) is 7.11. The van der Waals surface area contributed by atoms with Crippen molar-refractivity contribution in [2.45, 2.75) is 31.2 Å². The summed E-state index contributed by atoms with van der Waals surface area (Å²) in [5.74, 6) is 0.270. The number of carbonyl (C=O) groups excluding carboxylic acids is 2. The number of benzene rings is 2. The minimum absolute atomic E-state index is 0.111. The third-order valence-corrected chi connectivity index (χ3v) is 5.72. The van der Waals surface area contributed by atoms with E-state index in [1.54, 1.807) is 12.1 Å². The Balaban J connectivity index is 1.89. The van der Waals surface area contributed by atoms with Crippen LogP contribution in [0.2, 0.25) is 5.02 Å². The first-order valence-corrected chi connectivity index (χ1v) is 9.58. The Kier molecular flexibility index (Phi) is 4.77. The van der Waals surface area contributed by atoms with Crippen LogP contribution >= 0.6 is 11.6 Å². The summed E-state index contributed by atoms with van der Waals surface area (Å²) >= 11 is 6.11. The maximum Gasteiger partial charge on any atom is 0.237 e. The highest BCUT2D eigenvalue weighted by atomic mass is 35.5. The van der Waals surface area contributed by atoms with Crippen molar-refractivity contribution in [3.05, 3.63) is 58.1 Å². The first-order chi connectivity index (χ1) is 13.5. The van der Waals surface area contributed by atoms with Gasteiger partial charge in [0.1, 0.15) is 17.8 Å². The van der Waals surface area contributed by atoms with Gasteiger partial charge in [-0.25, -0.2) is 0 Å². The van der Waals surface area contributed by atoms with Gasteiger partial charge in [0.05, 0.1) is 12.6 Å². The molecule has 4 rings (SSSR count). The number of piperidine rings is 1. The largest absolute Gasteiger partial charge is 0.491 e. The summed E-state index contributed by atoms with van der Waals surface area (Å²) in [7, 11) is 0. The zero-order valence-corrected chi connectivity index (χ0v) is 16.2. The molecule has 0 radical (unpaired) electrons. The van der Waals surface area contributed by atoms with Crippen LogP contribution in [-0.4, -0.2) is 30.1 Å². The van der Waals surface area contributed by atoms with E-state index >= 15 is 0 Å². The highest BCUT2D eigenvalue weighted by molar-refractivity contribution is 6.31. The van der Waals surface area contributed by atoms with Gasteiger partial charge in [0.25, 0.3) is 0 Å². The first kappa shape index (κ1) is 18.8. The number of aryl methyl sites for hydroxylation is 1. The molecule has 2 amide bonds. The minimum Gasteiger partial charge on any atom is -0.491 e. The molecule has 0 bridgehead atoms. The Hall–Kier alpha value is -2.57. The molecule has 2 heterocycles. The van der Waals surface area contributed by atoms with Crippen molar-refractivity contribution >= 4 is 29.1 Å². The van der Waals surface area contributed by atoms with Gasteiger partial charge in [-0.05, 0) is 37.1 Å². The van der Waals surface area contributed by atoms with E-state index < -0.39 is 11.5 Å². The van der Waals surface area contributed by atoms with E-state index in [2.05, 4.69) is 10.6 Å². The number of ether oxygens (including phenoxy) is 1. The molecule has 28 heavy (non-hydrogen) atoms. The molecular formula is C21H21ClN2O4. The third kappa shape index (κ3) is 2.93. The molecule has 7 heteroatoms. The summed E-state index contributed by atoms with van der Waals surface area (Å²) < 4.78 is 5.72. The zero-order valence-electron chi connectivity index (χ0n) is 15.4. The number of nitrogens with one attached hydrogen (secondary N) is 2. The van der Waals surface area contributed by atoms with Gasteiger partial charge in [0, 0.05) is 22.7 Å². The highest BCUT2D eigenvalue weighted by Crippen LogP contribution is 2.52. The maximum absolute atomic E-state index is 13.2. The molecule has 6 nitrogen and oxygen atoms in total. The molecule has 2 aliphatic heterocycles. The Labute approximate surface area is 167 Å². The van der Waals surface area contributed by atoms with E-state index in [1.165, 1.54) is 0 Å². The predicted octanol–water partition coefficient (Wildman–Crippen LogP) is 2.86. The van der Waals surface area contributed by atoms with Crippen molar-refractivity contribution in [1.29, 1.82) is 0 Å². The number of aliphatic hydroxyl groups excluding tert-OH is 1. The van der Waals surface area contributed by atoms with E-state index in [9.17, 15) is 9.59 Å². The standard InChI is InChI=1S/C21H21ClN2O4/c1-12-2-5-17(28-9-8-25)14(10-12)19-21(7-6-18(26)24-19)15-4-3-13(22)11-16(15)23-20(21)27/h2-5,10-11,19,25H,6-9H2,1H3,(H,23,27)(H,24,26)/t19-,21-/m1/s1. The average molecular weight is 401 g/mol. The van der Waals surface area contributed by atoms with Crippen LogP contribution in [0.5, 0.6) is 5.75 Å². The monoisotopic (exact) mass is 400 g/mol. The molecular weight excluding hydrogens is 380 g/mol. The molecule has 2 aromatic carbocycles. The molecule has 0 unspecified atom stereocenters. The van der Waals surface area contributed by atoms with E-state index in [4.69, 9.17) is 21.4 Å². The van der Waals surface area contributed by atoms with Crippen LogP contribution in [0, 0.1) is 6.92 Å². The second-order valence-corrected chi connectivity index (χ2v) is 7.67. The quantitative estimate of drug-likeness (QED) is 0.736. The molecule has 2 aliphatic rings. The summed E-state index contributed by atoms with van der Waals surface area (Å²) in [6.45, 7) is 1.94. The Morgan fingerprint density at radius 2 is 2.07 bits per heavy atom. The van der Waals surface area contributed by atoms with Crippen LogP contribution in [-0.2, 0) is 15.0 Å². The smallest absolute Gasteiger partial charge is 0.237 e. The molecule has 1 fully saturated rings. The van der Waals surface area contributed by atoms with Gasteiger partial charge in [-0.1, -0.05) is 35.4 Å². The van der Waals surface area contributed by atoms with Gasteiger partial charge in [-0.2, -0.15) is 0 Å². The van der Waals surface area contributed by atoms with E-state index in [0.29, 0.717) is 22.9 Å². The lowest BCUT2D eigenvalue weighted by atomic mass is 9.67. The van der Waals surface area contributed by atoms with Gasteiger partial charge in [0.2, 0.25) is 11.8 Å². The molecule has 1 spiro atoms. The summed E-state index contributed by atoms with van der Waals surface area (Å²) in [6.07, 6.45) is 0.641. The number of aliphatic hydroxyl groups is 1. The van der Waals surface area contributed by atoms with E-state index in [1.807, 2.05) is 31.2 Å². The molecule has 146 valence electrons. The zero-order chi connectivity index (χ0) is 19.9. The van der Waals surface area contributed by atoms with Crippen LogP contribution < -0.4 is 15.4 Å². The van der Waals surface area contributed by atoms with Crippen LogP contribution in [0.4, 0.5) is 5.69 Å². The number of hydrogen-bond acceptors (Lipinski definition) is 4. The van der Waals surface area contributed by atoms with Crippen molar-refractivity contribution in [3.63, 3.8) is 0 Å². The minimum atomic E-state index is -0.945. The van der Waals surface area contributed by atoms with Gasteiger partial charge in [0.15, 0.2) is 0 Å². The number of anilines is 1. The molecule has 0 aliphatic carbocycles. The highest BCUT2D eigenvalue weighted by Gasteiger charge is 2.56. The molecule has 3 N–H and O–H groups in total. The van der Waals surface area contributed by atoms with E-state index in [0.717, 1.165) is 16.7 Å². The van der Waals surface area contributed by atoms with Crippen molar-refractivity contribution < 1.29 is 19.4 Å². The summed E-state index contributed by atoms with van der Waals surface area (Å²) in [4.78, 5) is 25.6. The summed E-state index contributed by atoms with van der Waals surface area (Å²) in [5.41, 5.74) is 2.25. The number of amides is 2. The van der Waals surface area contributed by atoms with Crippen LogP contribution in [0.3, 0.4) is 0 Å². The summed E-state index contributed by atoms with van der Waals surface area (Å²) in [5, 5.41) is 15.6. The number of carbonyl (C=O) groups is 2. The van der Waals surface area contributed by atoms with Gasteiger partial charge < -0.3 is 20.5 Å². The van der Waals surface area contributed by atoms with Gasteiger partial charge in [-0.15, -0.1) is 0 Å². The van der Waals surface area contributed by atoms with E-state index in [-0.39, 0.29) is 31.4 Å². The molecule has 1 saturated heterocycles. The third-order valence-electron chi connectivity index (χ3n) is 5.49.